The van der Waals surface area contributed by atoms with Crippen LogP contribution in [0, 0.1) is 18.7 Å². The van der Waals surface area contributed by atoms with E-state index in [9.17, 15) is 4.39 Å². The van der Waals surface area contributed by atoms with Crippen LogP contribution < -0.4 is 10.6 Å². The van der Waals surface area contributed by atoms with Gasteiger partial charge in [0.2, 0.25) is 0 Å². The summed E-state index contributed by atoms with van der Waals surface area (Å²) in [7, 11) is 0. The molecule has 1 unspecified atom stereocenters. The number of benzene rings is 2. The number of rotatable bonds is 6. The first-order valence-corrected chi connectivity index (χ1v) is 8.27. The van der Waals surface area contributed by atoms with Crippen molar-refractivity contribution in [1.82, 2.24) is 5.32 Å². The SMILES string of the molecule is Cc1c(C(NCNc2ccccc2)C(C)C)oc2ccc(F)cc12. The van der Waals surface area contributed by atoms with E-state index in [1.165, 1.54) is 12.1 Å². The van der Waals surface area contributed by atoms with Crippen molar-refractivity contribution >= 4 is 16.7 Å². The van der Waals surface area contributed by atoms with Gasteiger partial charge in [-0.2, -0.15) is 0 Å². The fourth-order valence-corrected chi connectivity index (χ4v) is 2.96. The van der Waals surface area contributed by atoms with Crippen molar-refractivity contribution in [3.63, 3.8) is 0 Å². The van der Waals surface area contributed by atoms with Gasteiger partial charge >= 0.3 is 0 Å². The molecule has 1 atom stereocenters. The zero-order valence-corrected chi connectivity index (χ0v) is 14.3. The van der Waals surface area contributed by atoms with Crippen LogP contribution in [0.5, 0.6) is 0 Å². The lowest BCUT2D eigenvalue weighted by atomic mass is 9.98. The molecule has 4 heteroatoms. The van der Waals surface area contributed by atoms with Gasteiger partial charge < -0.3 is 9.73 Å². The van der Waals surface area contributed by atoms with E-state index >= 15 is 0 Å². The van der Waals surface area contributed by atoms with Crippen molar-refractivity contribution < 1.29 is 8.81 Å². The lowest BCUT2D eigenvalue weighted by Crippen LogP contribution is -2.30. The van der Waals surface area contributed by atoms with Crippen LogP contribution in [0.1, 0.15) is 31.2 Å². The first-order valence-electron chi connectivity index (χ1n) is 8.27. The molecule has 0 saturated heterocycles. The van der Waals surface area contributed by atoms with Gasteiger partial charge in [0, 0.05) is 16.6 Å². The lowest BCUT2D eigenvalue weighted by Gasteiger charge is -2.22. The second-order valence-corrected chi connectivity index (χ2v) is 6.38. The number of aryl methyl sites for hydroxylation is 1. The number of hydrogen-bond acceptors (Lipinski definition) is 3. The van der Waals surface area contributed by atoms with Crippen LogP contribution in [0.25, 0.3) is 11.0 Å². The van der Waals surface area contributed by atoms with E-state index < -0.39 is 0 Å². The van der Waals surface area contributed by atoms with Gasteiger partial charge in [-0.15, -0.1) is 0 Å². The Bertz CT molecular complexity index is 811. The quantitative estimate of drug-likeness (QED) is 0.609. The zero-order chi connectivity index (χ0) is 17.1. The van der Waals surface area contributed by atoms with Gasteiger partial charge in [-0.3, -0.25) is 5.32 Å². The first kappa shape index (κ1) is 16.5. The standard InChI is InChI=1S/C20H23FN2O/c1-13(2)19(23-12-22-16-7-5-4-6-8-16)20-14(3)17-11-15(21)9-10-18(17)24-20/h4-11,13,19,22-23H,12H2,1-3H3. The van der Waals surface area contributed by atoms with E-state index in [0.717, 1.165) is 28.0 Å². The highest BCUT2D eigenvalue weighted by molar-refractivity contribution is 5.82. The molecule has 24 heavy (non-hydrogen) atoms. The Morgan fingerprint density at radius 3 is 2.54 bits per heavy atom. The fraction of sp³-hybridized carbons (Fsp3) is 0.300. The molecule has 3 aromatic rings. The molecule has 0 aliphatic carbocycles. The maximum Gasteiger partial charge on any atom is 0.134 e. The molecule has 0 aliphatic rings. The molecule has 0 fully saturated rings. The molecular weight excluding hydrogens is 303 g/mol. The van der Waals surface area contributed by atoms with Crippen LogP contribution >= 0.6 is 0 Å². The van der Waals surface area contributed by atoms with Crippen molar-refractivity contribution in [2.75, 3.05) is 12.0 Å². The Labute approximate surface area is 141 Å². The second kappa shape index (κ2) is 7.05. The van der Waals surface area contributed by atoms with Crippen molar-refractivity contribution in [1.29, 1.82) is 0 Å². The zero-order valence-electron chi connectivity index (χ0n) is 14.3. The largest absolute Gasteiger partial charge is 0.459 e. The third-order valence-electron chi connectivity index (χ3n) is 4.27. The molecule has 3 rings (SSSR count). The highest BCUT2D eigenvalue weighted by atomic mass is 19.1. The van der Waals surface area contributed by atoms with Crippen molar-refractivity contribution in [2.24, 2.45) is 5.92 Å². The summed E-state index contributed by atoms with van der Waals surface area (Å²) in [6.07, 6.45) is 0. The van der Waals surface area contributed by atoms with E-state index in [1.807, 2.05) is 37.3 Å². The van der Waals surface area contributed by atoms with E-state index in [0.29, 0.717) is 12.6 Å². The Morgan fingerprint density at radius 1 is 1.08 bits per heavy atom. The van der Waals surface area contributed by atoms with Gasteiger partial charge in [-0.1, -0.05) is 32.0 Å². The van der Waals surface area contributed by atoms with Crippen LogP contribution in [0.2, 0.25) is 0 Å². The molecule has 126 valence electrons. The summed E-state index contributed by atoms with van der Waals surface area (Å²) in [5.74, 6) is 0.977. The minimum Gasteiger partial charge on any atom is -0.459 e. The van der Waals surface area contributed by atoms with E-state index in [1.54, 1.807) is 6.07 Å². The Balaban J connectivity index is 1.79. The molecule has 0 amide bonds. The normalized spacial score (nSPS) is 12.7. The summed E-state index contributed by atoms with van der Waals surface area (Å²) in [6.45, 7) is 6.90. The number of anilines is 1. The molecule has 1 heterocycles. The molecule has 2 aromatic carbocycles. The highest BCUT2D eigenvalue weighted by Crippen LogP contribution is 2.33. The van der Waals surface area contributed by atoms with Gasteiger partial charge in [-0.05, 0) is 43.2 Å². The first-order chi connectivity index (χ1) is 11.6. The molecule has 3 nitrogen and oxygen atoms in total. The van der Waals surface area contributed by atoms with Crippen LogP contribution in [-0.2, 0) is 0 Å². The molecule has 0 aliphatic heterocycles. The number of nitrogens with one attached hydrogen (secondary N) is 2. The van der Waals surface area contributed by atoms with Gasteiger partial charge in [-0.25, -0.2) is 4.39 Å². The molecular formula is C20H23FN2O. The lowest BCUT2D eigenvalue weighted by molar-refractivity contribution is 0.356. The third-order valence-corrected chi connectivity index (χ3v) is 4.27. The Hall–Kier alpha value is -2.33. The molecule has 0 saturated carbocycles. The van der Waals surface area contributed by atoms with Gasteiger partial charge in [0.15, 0.2) is 0 Å². The number of para-hydroxylation sites is 1. The monoisotopic (exact) mass is 326 g/mol. The average Bonchev–Trinajstić information content (AvgIpc) is 2.89. The maximum absolute atomic E-state index is 13.5. The number of halogens is 1. The van der Waals surface area contributed by atoms with Gasteiger partial charge in [0.05, 0.1) is 12.7 Å². The summed E-state index contributed by atoms with van der Waals surface area (Å²) >= 11 is 0. The van der Waals surface area contributed by atoms with E-state index in [-0.39, 0.29) is 11.9 Å². The number of fused-ring (bicyclic) bond motifs is 1. The predicted molar refractivity (Wildman–Crippen MR) is 96.6 cm³/mol. The summed E-state index contributed by atoms with van der Waals surface area (Å²) in [5, 5.41) is 7.69. The highest BCUT2D eigenvalue weighted by Gasteiger charge is 2.23. The maximum atomic E-state index is 13.5. The van der Waals surface area contributed by atoms with Gasteiger partial charge in [0.25, 0.3) is 0 Å². The number of hydrogen-bond donors (Lipinski definition) is 2. The molecule has 0 spiro atoms. The second-order valence-electron chi connectivity index (χ2n) is 6.38. The van der Waals surface area contributed by atoms with Crippen molar-refractivity contribution in [2.45, 2.75) is 26.8 Å². The van der Waals surface area contributed by atoms with Gasteiger partial charge in [0.1, 0.15) is 17.2 Å². The van der Waals surface area contributed by atoms with Crippen LogP contribution in [0.4, 0.5) is 10.1 Å². The minimum absolute atomic E-state index is 0.0525. The summed E-state index contributed by atoms with van der Waals surface area (Å²) in [6, 6.07) is 14.8. The molecule has 0 bridgehead atoms. The van der Waals surface area contributed by atoms with E-state index in [2.05, 4.69) is 24.5 Å². The van der Waals surface area contributed by atoms with Crippen molar-refractivity contribution in [3.8, 4) is 0 Å². The number of furan rings is 1. The predicted octanol–water partition coefficient (Wildman–Crippen LogP) is 5.24. The summed E-state index contributed by atoms with van der Waals surface area (Å²) in [4.78, 5) is 0. The summed E-state index contributed by atoms with van der Waals surface area (Å²) < 4.78 is 19.5. The fourth-order valence-electron chi connectivity index (χ4n) is 2.96. The summed E-state index contributed by atoms with van der Waals surface area (Å²) in [5.41, 5.74) is 2.79. The third kappa shape index (κ3) is 3.44. The van der Waals surface area contributed by atoms with Crippen molar-refractivity contribution in [3.05, 3.63) is 65.7 Å². The minimum atomic E-state index is -0.238. The molecule has 1 aromatic heterocycles. The Morgan fingerprint density at radius 2 is 1.83 bits per heavy atom. The smallest absolute Gasteiger partial charge is 0.134 e. The Kier molecular flexibility index (Phi) is 4.86. The molecule has 2 N–H and O–H groups in total. The van der Waals surface area contributed by atoms with E-state index in [4.69, 9.17) is 4.42 Å². The van der Waals surface area contributed by atoms with Crippen LogP contribution in [0.15, 0.2) is 52.9 Å². The average molecular weight is 326 g/mol. The topological polar surface area (TPSA) is 37.2 Å². The van der Waals surface area contributed by atoms with Crippen LogP contribution in [-0.4, -0.2) is 6.67 Å². The van der Waals surface area contributed by atoms with Crippen LogP contribution in [0.3, 0.4) is 0 Å². The molecule has 0 radical (unpaired) electrons.